The van der Waals surface area contributed by atoms with Crippen LogP contribution in [-0.2, 0) is 0 Å². The molecule has 1 aromatic rings. The lowest BCUT2D eigenvalue weighted by Crippen LogP contribution is -2.11. The van der Waals surface area contributed by atoms with Crippen molar-refractivity contribution >= 4 is 5.84 Å². The van der Waals surface area contributed by atoms with E-state index in [0.29, 0.717) is 0 Å². The summed E-state index contributed by atoms with van der Waals surface area (Å²) in [7, 11) is 0. The molecule has 0 radical (unpaired) electrons. The molecule has 74 valence electrons. The van der Waals surface area contributed by atoms with E-state index < -0.39 is 0 Å². The van der Waals surface area contributed by atoms with Gasteiger partial charge in [-0.05, 0) is 30.9 Å². The number of hydrogen-bond donors (Lipinski definition) is 2. The normalized spacial score (nSPS) is 15.1. The zero-order chi connectivity index (χ0) is 9.97. The molecular formula is C11H14N2O. The Labute approximate surface area is 83.4 Å². The highest BCUT2D eigenvalue weighted by Gasteiger charge is 2.21. The molecule has 1 fully saturated rings. The van der Waals surface area contributed by atoms with Gasteiger partial charge in [0, 0.05) is 5.56 Å². The average molecular weight is 190 g/mol. The summed E-state index contributed by atoms with van der Waals surface area (Å²) in [4.78, 5) is 0. The Morgan fingerprint density at radius 2 is 2.29 bits per heavy atom. The van der Waals surface area contributed by atoms with Gasteiger partial charge in [-0.15, -0.1) is 0 Å². The summed E-state index contributed by atoms with van der Waals surface area (Å²) in [6, 6.07) is 7.38. The summed E-state index contributed by atoms with van der Waals surface area (Å²) in [5.74, 6) is 1.64. The summed E-state index contributed by atoms with van der Waals surface area (Å²) in [6.45, 7) is 0.793. The largest absolute Gasteiger partial charge is 0.493 e. The monoisotopic (exact) mass is 190 g/mol. The Morgan fingerprint density at radius 1 is 1.50 bits per heavy atom. The van der Waals surface area contributed by atoms with Gasteiger partial charge in [0.1, 0.15) is 11.6 Å². The van der Waals surface area contributed by atoms with Crippen LogP contribution < -0.4 is 10.5 Å². The lowest BCUT2D eigenvalue weighted by molar-refractivity contribution is 0.300. The predicted molar refractivity (Wildman–Crippen MR) is 55.7 cm³/mol. The van der Waals surface area contributed by atoms with Crippen LogP contribution in [-0.4, -0.2) is 12.4 Å². The minimum Gasteiger partial charge on any atom is -0.493 e. The molecule has 1 aliphatic rings. The molecule has 0 spiro atoms. The fourth-order valence-corrected chi connectivity index (χ4v) is 1.25. The number of rotatable bonds is 4. The van der Waals surface area contributed by atoms with E-state index in [1.54, 1.807) is 0 Å². The third-order valence-electron chi connectivity index (χ3n) is 2.33. The molecule has 0 heterocycles. The van der Waals surface area contributed by atoms with Gasteiger partial charge >= 0.3 is 0 Å². The standard InChI is InChI=1S/C11H14N2O/c12-11(13)9-2-1-3-10(6-9)14-7-8-4-5-8/h1-3,6,8H,4-5,7H2,(H3,12,13). The van der Waals surface area contributed by atoms with E-state index in [1.165, 1.54) is 12.8 Å². The van der Waals surface area contributed by atoms with Crippen LogP contribution in [0.15, 0.2) is 24.3 Å². The minimum atomic E-state index is 0.0851. The fourth-order valence-electron chi connectivity index (χ4n) is 1.25. The molecule has 2 rings (SSSR count). The zero-order valence-electron chi connectivity index (χ0n) is 7.99. The van der Waals surface area contributed by atoms with Crippen molar-refractivity contribution < 1.29 is 4.74 Å². The van der Waals surface area contributed by atoms with Gasteiger partial charge in [0.05, 0.1) is 6.61 Å². The summed E-state index contributed by atoms with van der Waals surface area (Å²) >= 11 is 0. The molecule has 0 aromatic heterocycles. The van der Waals surface area contributed by atoms with E-state index in [-0.39, 0.29) is 5.84 Å². The molecule has 0 atom stereocenters. The smallest absolute Gasteiger partial charge is 0.122 e. The van der Waals surface area contributed by atoms with Gasteiger partial charge in [0.2, 0.25) is 0 Å². The molecule has 1 aliphatic carbocycles. The molecule has 0 aliphatic heterocycles. The van der Waals surface area contributed by atoms with Gasteiger partial charge in [-0.3, -0.25) is 5.41 Å². The lowest BCUT2D eigenvalue weighted by atomic mass is 10.2. The highest BCUT2D eigenvalue weighted by atomic mass is 16.5. The number of hydrogen-bond acceptors (Lipinski definition) is 2. The summed E-state index contributed by atoms with van der Waals surface area (Å²) in [5.41, 5.74) is 6.10. The quantitative estimate of drug-likeness (QED) is 0.561. The first kappa shape index (κ1) is 9.06. The predicted octanol–water partition coefficient (Wildman–Crippen LogP) is 1.76. The third-order valence-corrected chi connectivity index (χ3v) is 2.33. The van der Waals surface area contributed by atoms with Crippen molar-refractivity contribution in [2.75, 3.05) is 6.61 Å². The Kier molecular flexibility index (Phi) is 2.39. The van der Waals surface area contributed by atoms with Crippen molar-refractivity contribution in [2.24, 2.45) is 11.7 Å². The number of ether oxygens (including phenoxy) is 1. The van der Waals surface area contributed by atoms with E-state index in [0.717, 1.165) is 23.8 Å². The van der Waals surface area contributed by atoms with Crippen LogP contribution in [0.4, 0.5) is 0 Å². The van der Waals surface area contributed by atoms with Crippen LogP contribution in [0.25, 0.3) is 0 Å². The maximum Gasteiger partial charge on any atom is 0.122 e. The van der Waals surface area contributed by atoms with Gasteiger partial charge in [-0.25, -0.2) is 0 Å². The summed E-state index contributed by atoms with van der Waals surface area (Å²) in [5, 5.41) is 7.28. The highest BCUT2D eigenvalue weighted by molar-refractivity contribution is 5.95. The van der Waals surface area contributed by atoms with Gasteiger partial charge in [0.25, 0.3) is 0 Å². The molecule has 3 N–H and O–H groups in total. The van der Waals surface area contributed by atoms with Crippen molar-refractivity contribution in [3.63, 3.8) is 0 Å². The summed E-state index contributed by atoms with van der Waals surface area (Å²) in [6.07, 6.45) is 2.57. The van der Waals surface area contributed by atoms with Crippen LogP contribution in [0.2, 0.25) is 0 Å². The Hall–Kier alpha value is -1.51. The topological polar surface area (TPSA) is 59.1 Å². The third kappa shape index (κ3) is 2.25. The van der Waals surface area contributed by atoms with Gasteiger partial charge in [-0.2, -0.15) is 0 Å². The molecule has 3 heteroatoms. The molecule has 3 nitrogen and oxygen atoms in total. The molecule has 1 saturated carbocycles. The van der Waals surface area contributed by atoms with E-state index in [9.17, 15) is 0 Å². The number of nitrogens with two attached hydrogens (primary N) is 1. The lowest BCUT2D eigenvalue weighted by Gasteiger charge is -2.06. The number of benzene rings is 1. The average Bonchev–Trinajstić information content (AvgIpc) is 2.99. The molecule has 0 amide bonds. The van der Waals surface area contributed by atoms with Crippen LogP contribution in [0, 0.1) is 11.3 Å². The Balaban J connectivity index is 2.01. The molecule has 0 unspecified atom stereocenters. The van der Waals surface area contributed by atoms with Gasteiger partial charge in [-0.1, -0.05) is 12.1 Å². The van der Waals surface area contributed by atoms with Gasteiger partial charge in [0.15, 0.2) is 0 Å². The maximum atomic E-state index is 7.28. The molecule has 1 aromatic carbocycles. The minimum absolute atomic E-state index is 0.0851. The molecular weight excluding hydrogens is 176 g/mol. The second kappa shape index (κ2) is 3.70. The first-order valence-corrected chi connectivity index (χ1v) is 4.83. The van der Waals surface area contributed by atoms with Gasteiger partial charge < -0.3 is 10.5 Å². The van der Waals surface area contributed by atoms with Crippen LogP contribution in [0.1, 0.15) is 18.4 Å². The molecule has 0 saturated heterocycles. The van der Waals surface area contributed by atoms with E-state index >= 15 is 0 Å². The van der Waals surface area contributed by atoms with Crippen molar-refractivity contribution in [3.8, 4) is 5.75 Å². The van der Waals surface area contributed by atoms with E-state index in [2.05, 4.69) is 0 Å². The van der Waals surface area contributed by atoms with Crippen molar-refractivity contribution in [1.82, 2.24) is 0 Å². The van der Waals surface area contributed by atoms with Crippen molar-refractivity contribution in [2.45, 2.75) is 12.8 Å². The maximum absolute atomic E-state index is 7.28. The SMILES string of the molecule is N=C(N)c1cccc(OCC2CC2)c1. The van der Waals surface area contributed by atoms with Crippen molar-refractivity contribution in [1.29, 1.82) is 5.41 Å². The van der Waals surface area contributed by atoms with Crippen LogP contribution in [0.3, 0.4) is 0 Å². The molecule has 0 bridgehead atoms. The summed E-state index contributed by atoms with van der Waals surface area (Å²) < 4.78 is 5.57. The van der Waals surface area contributed by atoms with Crippen LogP contribution in [0.5, 0.6) is 5.75 Å². The van der Waals surface area contributed by atoms with Crippen molar-refractivity contribution in [3.05, 3.63) is 29.8 Å². The highest BCUT2D eigenvalue weighted by Crippen LogP contribution is 2.29. The second-order valence-electron chi connectivity index (χ2n) is 3.70. The first-order valence-electron chi connectivity index (χ1n) is 4.83. The molecule has 14 heavy (non-hydrogen) atoms. The number of nitrogen functional groups attached to an aromatic ring is 1. The fraction of sp³-hybridized carbons (Fsp3) is 0.364. The van der Waals surface area contributed by atoms with E-state index in [1.807, 2.05) is 24.3 Å². The number of nitrogens with one attached hydrogen (secondary N) is 1. The zero-order valence-corrected chi connectivity index (χ0v) is 7.99. The van der Waals surface area contributed by atoms with Crippen LogP contribution >= 0.6 is 0 Å². The Morgan fingerprint density at radius 3 is 2.93 bits per heavy atom. The second-order valence-corrected chi connectivity index (χ2v) is 3.70. The van der Waals surface area contributed by atoms with E-state index in [4.69, 9.17) is 15.9 Å². The first-order chi connectivity index (χ1) is 6.75. The Bertz CT molecular complexity index is 345. The number of amidine groups is 1.